The Balaban J connectivity index is 3.07. The van der Waals surface area contributed by atoms with Gasteiger partial charge in [0.1, 0.15) is 0 Å². The van der Waals surface area contributed by atoms with Gasteiger partial charge in [-0.25, -0.2) is 0 Å². The van der Waals surface area contributed by atoms with Crippen molar-refractivity contribution in [3.05, 3.63) is 33.8 Å². The molecule has 5 heteroatoms. The molecule has 0 heterocycles. The van der Waals surface area contributed by atoms with Gasteiger partial charge in [0.05, 0.1) is 15.7 Å². The summed E-state index contributed by atoms with van der Waals surface area (Å²) in [5.41, 5.74) is 11.5. The van der Waals surface area contributed by atoms with Crippen LogP contribution in [-0.2, 0) is 4.79 Å². The van der Waals surface area contributed by atoms with Crippen LogP contribution in [0.1, 0.15) is 5.56 Å². The summed E-state index contributed by atoms with van der Waals surface area (Å²) in [6, 6.07) is 3.20. The largest absolute Gasteiger partial charge is 0.397 e. The normalized spacial score (nSPS) is 10.7. The highest BCUT2D eigenvalue weighted by atomic mass is 35.5. The molecule has 1 amide bonds. The Kier molecular flexibility index (Phi) is 3.38. The summed E-state index contributed by atoms with van der Waals surface area (Å²) in [6.45, 7) is 0. The fourth-order valence-corrected chi connectivity index (χ4v) is 1.25. The van der Waals surface area contributed by atoms with Crippen molar-refractivity contribution in [2.75, 3.05) is 5.73 Å². The van der Waals surface area contributed by atoms with E-state index in [4.69, 9.17) is 34.7 Å². The minimum Gasteiger partial charge on any atom is -0.397 e. The molecule has 0 aromatic heterocycles. The van der Waals surface area contributed by atoms with Crippen molar-refractivity contribution >= 4 is 40.9 Å². The Morgan fingerprint density at radius 2 is 2.00 bits per heavy atom. The summed E-state index contributed by atoms with van der Waals surface area (Å²) >= 11 is 11.5. The maximum atomic E-state index is 10.5. The molecule has 0 radical (unpaired) electrons. The number of hydrogen-bond acceptors (Lipinski definition) is 2. The summed E-state index contributed by atoms with van der Waals surface area (Å²) in [7, 11) is 0. The average molecular weight is 231 g/mol. The topological polar surface area (TPSA) is 69.1 Å². The molecule has 1 aromatic rings. The lowest BCUT2D eigenvalue weighted by Crippen LogP contribution is -2.05. The van der Waals surface area contributed by atoms with Crippen LogP contribution >= 0.6 is 23.2 Å². The molecule has 0 atom stereocenters. The van der Waals surface area contributed by atoms with E-state index < -0.39 is 5.91 Å². The first-order valence-corrected chi connectivity index (χ1v) is 4.48. The summed E-state index contributed by atoms with van der Waals surface area (Å²) in [6.07, 6.45) is 2.74. The maximum Gasteiger partial charge on any atom is 0.241 e. The molecular formula is C9H8Cl2N2O. The van der Waals surface area contributed by atoms with E-state index in [2.05, 4.69) is 0 Å². The van der Waals surface area contributed by atoms with Gasteiger partial charge in [-0.15, -0.1) is 0 Å². The van der Waals surface area contributed by atoms with Crippen molar-refractivity contribution in [3.8, 4) is 0 Å². The molecule has 0 fully saturated rings. The summed E-state index contributed by atoms with van der Waals surface area (Å²) in [5, 5.41) is 0.652. The lowest BCUT2D eigenvalue weighted by Gasteiger charge is -2.02. The molecule has 0 bridgehead atoms. The monoisotopic (exact) mass is 230 g/mol. The quantitative estimate of drug-likeness (QED) is 0.604. The number of amides is 1. The molecule has 1 aromatic carbocycles. The number of rotatable bonds is 2. The Hall–Kier alpha value is -1.19. The van der Waals surface area contributed by atoms with Gasteiger partial charge in [-0.05, 0) is 23.8 Å². The molecule has 0 aliphatic carbocycles. The number of benzene rings is 1. The van der Waals surface area contributed by atoms with Crippen LogP contribution in [0, 0.1) is 0 Å². The van der Waals surface area contributed by atoms with Crippen LogP contribution in [0.25, 0.3) is 6.08 Å². The zero-order chi connectivity index (χ0) is 10.7. The van der Waals surface area contributed by atoms with E-state index in [0.717, 1.165) is 0 Å². The second-order valence-electron chi connectivity index (χ2n) is 2.64. The number of nitrogens with two attached hydrogens (primary N) is 2. The molecule has 74 valence electrons. The van der Waals surface area contributed by atoms with Crippen LogP contribution in [0.2, 0.25) is 10.0 Å². The van der Waals surface area contributed by atoms with Crippen molar-refractivity contribution in [1.82, 2.24) is 0 Å². The van der Waals surface area contributed by atoms with Crippen LogP contribution < -0.4 is 11.5 Å². The van der Waals surface area contributed by atoms with Gasteiger partial charge in [0.15, 0.2) is 0 Å². The number of anilines is 1. The van der Waals surface area contributed by atoms with Crippen molar-refractivity contribution in [3.63, 3.8) is 0 Å². The molecule has 4 N–H and O–H groups in total. The van der Waals surface area contributed by atoms with E-state index >= 15 is 0 Å². The van der Waals surface area contributed by atoms with E-state index in [-0.39, 0.29) is 0 Å². The van der Waals surface area contributed by atoms with Gasteiger partial charge in [-0.1, -0.05) is 23.2 Å². The van der Waals surface area contributed by atoms with Crippen LogP contribution in [0.3, 0.4) is 0 Å². The fourth-order valence-electron chi connectivity index (χ4n) is 0.907. The Labute approximate surface area is 91.3 Å². The summed E-state index contributed by atoms with van der Waals surface area (Å²) < 4.78 is 0. The predicted molar refractivity (Wildman–Crippen MR) is 59.1 cm³/mol. The molecule has 0 aliphatic rings. The minimum atomic E-state index is -0.533. The van der Waals surface area contributed by atoms with E-state index in [9.17, 15) is 4.79 Å². The highest BCUT2D eigenvalue weighted by Crippen LogP contribution is 2.29. The molecule has 0 aliphatic heterocycles. The summed E-state index contributed by atoms with van der Waals surface area (Å²) in [5.74, 6) is -0.533. The molecule has 14 heavy (non-hydrogen) atoms. The number of primary amides is 1. The lowest BCUT2D eigenvalue weighted by atomic mass is 10.2. The number of halogens is 2. The molecule has 0 saturated carbocycles. The van der Waals surface area contributed by atoms with E-state index in [0.29, 0.717) is 21.3 Å². The number of nitrogen functional groups attached to an aromatic ring is 1. The standard InChI is InChI=1S/C9H8Cl2N2O/c10-6-3-5(1-2-8(13)14)4-7(12)9(6)11/h1-4H,12H2,(H2,13,14)/b2-1-. The van der Waals surface area contributed by atoms with Crippen LogP contribution in [0.15, 0.2) is 18.2 Å². The lowest BCUT2D eigenvalue weighted by molar-refractivity contribution is -0.113. The van der Waals surface area contributed by atoms with Crippen molar-refractivity contribution in [2.45, 2.75) is 0 Å². The van der Waals surface area contributed by atoms with Crippen LogP contribution in [-0.4, -0.2) is 5.91 Å². The molecular weight excluding hydrogens is 223 g/mol. The van der Waals surface area contributed by atoms with Gasteiger partial charge >= 0.3 is 0 Å². The average Bonchev–Trinajstić information content (AvgIpc) is 2.10. The Morgan fingerprint density at radius 1 is 1.36 bits per heavy atom. The van der Waals surface area contributed by atoms with Crippen LogP contribution in [0.5, 0.6) is 0 Å². The second-order valence-corrected chi connectivity index (χ2v) is 3.43. The number of carbonyl (C=O) groups is 1. The zero-order valence-corrected chi connectivity index (χ0v) is 8.64. The SMILES string of the molecule is NC(=O)/C=C\c1cc(N)c(Cl)c(Cl)c1. The van der Waals surface area contributed by atoms with Gasteiger partial charge in [0, 0.05) is 6.08 Å². The van der Waals surface area contributed by atoms with Gasteiger partial charge in [0.25, 0.3) is 0 Å². The first-order chi connectivity index (χ1) is 6.50. The maximum absolute atomic E-state index is 10.5. The van der Waals surface area contributed by atoms with Gasteiger partial charge < -0.3 is 11.5 Å². The van der Waals surface area contributed by atoms with E-state index in [1.807, 2.05) is 0 Å². The highest BCUT2D eigenvalue weighted by molar-refractivity contribution is 6.43. The number of carbonyl (C=O) groups excluding carboxylic acids is 1. The van der Waals surface area contributed by atoms with Crippen molar-refractivity contribution < 1.29 is 4.79 Å². The van der Waals surface area contributed by atoms with Gasteiger partial charge in [-0.3, -0.25) is 4.79 Å². The second kappa shape index (κ2) is 4.35. The number of hydrogen-bond donors (Lipinski definition) is 2. The summed E-state index contributed by atoms with van der Waals surface area (Å²) in [4.78, 5) is 10.5. The van der Waals surface area contributed by atoms with Gasteiger partial charge in [-0.2, -0.15) is 0 Å². The zero-order valence-electron chi connectivity index (χ0n) is 7.13. The molecule has 1 rings (SSSR count). The molecule has 0 spiro atoms. The first-order valence-electron chi connectivity index (χ1n) is 3.72. The van der Waals surface area contributed by atoms with Crippen molar-refractivity contribution in [1.29, 1.82) is 0 Å². The van der Waals surface area contributed by atoms with E-state index in [1.54, 1.807) is 12.1 Å². The fraction of sp³-hybridized carbons (Fsp3) is 0. The minimum absolute atomic E-state index is 0.308. The Bertz CT molecular complexity index is 379. The highest BCUT2D eigenvalue weighted by Gasteiger charge is 2.02. The first kappa shape index (κ1) is 10.9. The van der Waals surface area contributed by atoms with Gasteiger partial charge in [0.2, 0.25) is 5.91 Å². The third-order valence-corrected chi connectivity index (χ3v) is 2.34. The third-order valence-electron chi connectivity index (χ3n) is 1.52. The smallest absolute Gasteiger partial charge is 0.241 e. The molecule has 0 saturated heterocycles. The molecule has 0 unspecified atom stereocenters. The molecule has 3 nitrogen and oxygen atoms in total. The van der Waals surface area contributed by atoms with Crippen molar-refractivity contribution in [2.24, 2.45) is 5.73 Å². The van der Waals surface area contributed by atoms with E-state index in [1.165, 1.54) is 12.2 Å². The predicted octanol–water partition coefficient (Wildman–Crippen LogP) is 2.07. The third kappa shape index (κ3) is 2.65. The Morgan fingerprint density at radius 3 is 2.50 bits per heavy atom. The van der Waals surface area contributed by atoms with Crippen LogP contribution in [0.4, 0.5) is 5.69 Å².